The van der Waals surface area contributed by atoms with Gasteiger partial charge in [0, 0.05) is 12.4 Å². The van der Waals surface area contributed by atoms with Crippen LogP contribution in [0.4, 0.5) is 20.5 Å². The molecule has 0 amide bonds. The Morgan fingerprint density at radius 3 is 2.62 bits per heavy atom. The Morgan fingerprint density at radius 2 is 1.91 bits per heavy atom. The van der Waals surface area contributed by atoms with Crippen LogP contribution >= 0.6 is 7.75 Å². The van der Waals surface area contributed by atoms with Crippen LogP contribution in [0.5, 0.6) is 5.75 Å². The lowest BCUT2D eigenvalue weighted by Crippen LogP contribution is -2.47. The van der Waals surface area contributed by atoms with Gasteiger partial charge in [0.05, 0.1) is 12.9 Å². The van der Waals surface area contributed by atoms with Crippen molar-refractivity contribution in [3.8, 4) is 5.75 Å². The lowest BCUT2D eigenvalue weighted by atomic mass is 9.97. The van der Waals surface area contributed by atoms with Gasteiger partial charge in [-0.15, -0.1) is 0 Å². The first kappa shape index (κ1) is 34.4. The summed E-state index contributed by atoms with van der Waals surface area (Å²) in [5, 5.41) is 17.5. The summed E-state index contributed by atoms with van der Waals surface area (Å²) in [6.45, 7) is 6.67. The van der Waals surface area contributed by atoms with Crippen LogP contribution in [0.15, 0.2) is 48.8 Å². The van der Waals surface area contributed by atoms with Crippen LogP contribution in [0.25, 0.3) is 21.9 Å². The fourth-order valence-corrected chi connectivity index (χ4v) is 6.54. The molecule has 1 aliphatic heterocycles. The van der Waals surface area contributed by atoms with Gasteiger partial charge < -0.3 is 30.2 Å². The standard InChI is InChI=1S/C30H38F2N7O7P/c1-17(24(40)43-14-28(2,3)4)38-47(42,46-20-13-9-11-18-10-7-8-12-19(18)20)44-15-30(32)25(41)29(5,31)26(45-30)39-16-35-21-22(34-6)36-27(33)37-23(21)39/h7-13,16-17,25-26,41H,14-15H2,1-6H3,(H,38,42)(H3,33,34,36,37)/t17-,25-,26+,29+,30+,47-/m0/s1. The van der Waals surface area contributed by atoms with E-state index in [-0.39, 0.29) is 40.7 Å². The Bertz CT molecular complexity index is 1830. The molecule has 0 saturated carbocycles. The molecular formula is C30H38F2N7O7P. The highest BCUT2D eigenvalue weighted by molar-refractivity contribution is 7.52. The highest BCUT2D eigenvalue weighted by Crippen LogP contribution is 2.52. The minimum atomic E-state index is -4.69. The number of anilines is 2. The van der Waals surface area contributed by atoms with Crippen molar-refractivity contribution in [2.75, 3.05) is 31.3 Å². The molecule has 47 heavy (non-hydrogen) atoms. The second-order valence-electron chi connectivity index (χ2n) is 12.7. The molecule has 1 fully saturated rings. The number of hydrogen-bond acceptors (Lipinski definition) is 12. The van der Waals surface area contributed by atoms with Crippen LogP contribution in [0.3, 0.4) is 0 Å². The molecule has 1 aliphatic rings. The predicted octanol–water partition coefficient (Wildman–Crippen LogP) is 4.66. The van der Waals surface area contributed by atoms with E-state index >= 15 is 8.78 Å². The number of nitrogens with two attached hydrogens (primary N) is 1. The molecule has 3 heterocycles. The second kappa shape index (κ2) is 12.6. The summed E-state index contributed by atoms with van der Waals surface area (Å²) >= 11 is 0. The largest absolute Gasteiger partial charge is 0.464 e. The molecule has 0 radical (unpaired) electrons. The minimum absolute atomic E-state index is 0.00214. The molecule has 0 spiro atoms. The van der Waals surface area contributed by atoms with Gasteiger partial charge in [0.2, 0.25) is 5.95 Å². The SMILES string of the molecule is CNc1nc(N)nc2c1ncn2[C@@H]1O[C@](F)(CO[P@@](=O)(N[C@@H](C)C(=O)OCC(C)(C)C)Oc2cccc3ccccc23)[C@@H](O)[C@@]1(C)F. The third-order valence-electron chi connectivity index (χ3n) is 7.41. The number of rotatable bonds is 11. The molecule has 0 unspecified atom stereocenters. The van der Waals surface area contributed by atoms with E-state index in [0.29, 0.717) is 5.39 Å². The monoisotopic (exact) mass is 677 g/mol. The Hall–Kier alpha value is -3.95. The van der Waals surface area contributed by atoms with Gasteiger partial charge in [-0.1, -0.05) is 57.2 Å². The lowest BCUT2D eigenvalue weighted by molar-refractivity contribution is -0.202. The molecule has 2 aromatic carbocycles. The predicted molar refractivity (Wildman–Crippen MR) is 170 cm³/mol. The fourth-order valence-electron chi connectivity index (χ4n) is 5.01. The third kappa shape index (κ3) is 7.02. The number of esters is 1. The molecule has 0 aliphatic carbocycles. The zero-order valence-electron chi connectivity index (χ0n) is 26.7. The van der Waals surface area contributed by atoms with E-state index in [9.17, 15) is 14.5 Å². The first-order chi connectivity index (χ1) is 22.0. The average molecular weight is 678 g/mol. The molecule has 17 heteroatoms. The van der Waals surface area contributed by atoms with Gasteiger partial charge in [-0.25, -0.2) is 18.3 Å². The Morgan fingerprint density at radius 1 is 1.21 bits per heavy atom. The highest BCUT2D eigenvalue weighted by atomic mass is 31.2. The third-order valence-corrected chi connectivity index (χ3v) is 9.02. The number of ether oxygens (including phenoxy) is 2. The number of aromatic nitrogens is 4. The average Bonchev–Trinajstić information content (AvgIpc) is 3.50. The van der Waals surface area contributed by atoms with Gasteiger partial charge in [-0.2, -0.15) is 15.1 Å². The number of aliphatic hydroxyl groups is 1. The van der Waals surface area contributed by atoms with Gasteiger partial charge in [0.1, 0.15) is 18.4 Å². The van der Waals surface area contributed by atoms with Crippen molar-refractivity contribution in [2.45, 2.75) is 64.5 Å². The Balaban J connectivity index is 1.44. The molecule has 254 valence electrons. The number of aliphatic hydroxyl groups excluding tert-OH is 1. The van der Waals surface area contributed by atoms with E-state index in [2.05, 4.69) is 25.4 Å². The van der Waals surface area contributed by atoms with Crippen LogP contribution in [0.1, 0.15) is 40.8 Å². The van der Waals surface area contributed by atoms with Crippen LogP contribution < -0.4 is 20.7 Å². The number of halogens is 2. The molecule has 0 bridgehead atoms. The van der Waals surface area contributed by atoms with Crippen molar-refractivity contribution in [3.05, 3.63) is 48.8 Å². The van der Waals surface area contributed by atoms with Crippen molar-refractivity contribution < 1.29 is 41.8 Å². The molecule has 4 aromatic rings. The number of benzene rings is 2. The number of hydrogen-bond donors (Lipinski definition) is 4. The number of imidazole rings is 1. The summed E-state index contributed by atoms with van der Waals surface area (Å²) in [4.78, 5) is 25.1. The van der Waals surface area contributed by atoms with Crippen molar-refractivity contribution in [2.24, 2.45) is 5.41 Å². The van der Waals surface area contributed by atoms with Gasteiger partial charge in [0.15, 0.2) is 35.0 Å². The quantitative estimate of drug-likeness (QED) is 0.127. The number of nitrogens with zero attached hydrogens (tertiary/aromatic N) is 4. The maximum atomic E-state index is 16.5. The Labute approximate surface area is 269 Å². The van der Waals surface area contributed by atoms with Crippen LogP contribution in [0, 0.1) is 5.41 Å². The molecule has 2 aromatic heterocycles. The topological polar surface area (TPSA) is 185 Å². The van der Waals surface area contributed by atoms with E-state index in [1.807, 2.05) is 20.8 Å². The number of alkyl halides is 2. The molecule has 1 saturated heterocycles. The maximum Gasteiger partial charge on any atom is 0.459 e. The van der Waals surface area contributed by atoms with Crippen LogP contribution in [-0.2, 0) is 23.4 Å². The number of fused-ring (bicyclic) bond motifs is 2. The molecule has 5 N–H and O–H groups in total. The molecule has 14 nitrogen and oxygen atoms in total. The van der Waals surface area contributed by atoms with Crippen molar-refractivity contribution in [1.29, 1.82) is 0 Å². The summed E-state index contributed by atoms with van der Waals surface area (Å²) < 4.78 is 70.2. The van der Waals surface area contributed by atoms with E-state index in [1.54, 1.807) is 43.4 Å². The summed E-state index contributed by atoms with van der Waals surface area (Å²) in [6.07, 6.45) is -3.14. The molecule has 6 atom stereocenters. The van der Waals surface area contributed by atoms with Crippen molar-refractivity contribution in [3.63, 3.8) is 0 Å². The molecular weight excluding hydrogens is 639 g/mol. The minimum Gasteiger partial charge on any atom is -0.464 e. The highest BCUT2D eigenvalue weighted by Gasteiger charge is 2.65. The number of carbonyl (C=O) groups is 1. The summed E-state index contributed by atoms with van der Waals surface area (Å²) in [7, 11) is -3.12. The van der Waals surface area contributed by atoms with Gasteiger partial charge >= 0.3 is 13.7 Å². The zero-order chi connectivity index (χ0) is 34.4. The second-order valence-corrected chi connectivity index (χ2v) is 14.4. The van der Waals surface area contributed by atoms with Crippen LogP contribution in [0.2, 0.25) is 0 Å². The van der Waals surface area contributed by atoms with Gasteiger partial charge in [-0.05, 0) is 30.7 Å². The van der Waals surface area contributed by atoms with E-state index in [0.717, 1.165) is 23.2 Å². The summed E-state index contributed by atoms with van der Waals surface area (Å²) in [5.41, 5.74) is 2.85. The fraction of sp³-hybridized carbons (Fsp3) is 0.467. The maximum absolute atomic E-state index is 16.5. The van der Waals surface area contributed by atoms with Crippen LogP contribution in [-0.4, -0.2) is 74.5 Å². The number of nitrogens with one attached hydrogen (secondary N) is 2. The van der Waals surface area contributed by atoms with Gasteiger partial charge in [0.25, 0.3) is 5.85 Å². The summed E-state index contributed by atoms with van der Waals surface area (Å²) in [6, 6.07) is 10.7. The van der Waals surface area contributed by atoms with E-state index < -0.39 is 50.2 Å². The first-order valence-electron chi connectivity index (χ1n) is 14.7. The smallest absolute Gasteiger partial charge is 0.459 e. The number of carbonyl (C=O) groups excluding carboxylic acids is 1. The number of nitrogen functional groups attached to an aromatic ring is 1. The van der Waals surface area contributed by atoms with Crippen molar-refractivity contribution >= 4 is 47.4 Å². The van der Waals surface area contributed by atoms with E-state index in [4.69, 9.17) is 24.3 Å². The van der Waals surface area contributed by atoms with E-state index in [1.165, 1.54) is 13.0 Å². The lowest BCUT2D eigenvalue weighted by Gasteiger charge is -2.28. The molecule has 5 rings (SSSR count). The van der Waals surface area contributed by atoms with Gasteiger partial charge in [-0.3, -0.25) is 13.9 Å². The van der Waals surface area contributed by atoms with Crippen molar-refractivity contribution in [1.82, 2.24) is 24.6 Å². The summed E-state index contributed by atoms with van der Waals surface area (Å²) in [5.74, 6) is -3.91. The zero-order valence-corrected chi connectivity index (χ0v) is 27.6. The Kier molecular flexibility index (Phi) is 9.20. The normalized spacial score (nSPS) is 25.0. The first-order valence-corrected chi connectivity index (χ1v) is 16.3.